The zero-order chi connectivity index (χ0) is 22.1. The molecule has 0 aromatic heterocycles. The van der Waals surface area contributed by atoms with Crippen LogP contribution in [0.2, 0.25) is 0 Å². The molecule has 0 saturated heterocycles. The fourth-order valence-corrected chi connectivity index (χ4v) is 7.79. The van der Waals surface area contributed by atoms with Crippen LogP contribution in [0.5, 0.6) is 0 Å². The molecule has 0 aromatic carbocycles. The molecule has 0 bridgehead atoms. The molecule has 170 valence electrons. The van der Waals surface area contributed by atoms with E-state index in [2.05, 4.69) is 32.6 Å². The van der Waals surface area contributed by atoms with Crippen LogP contribution >= 0.6 is 11.8 Å². The maximum absolute atomic E-state index is 10.1. The molecule has 0 aromatic rings. The van der Waals surface area contributed by atoms with E-state index in [1.54, 1.807) is 5.57 Å². The minimum absolute atomic E-state index is 0.354. The van der Waals surface area contributed by atoms with E-state index in [4.69, 9.17) is 0 Å². The predicted octanol–water partition coefficient (Wildman–Crippen LogP) is 5.41. The van der Waals surface area contributed by atoms with Gasteiger partial charge in [-0.2, -0.15) is 11.8 Å². The molecule has 1 unspecified atom stereocenters. The maximum atomic E-state index is 10.1. The van der Waals surface area contributed by atoms with Crippen LogP contribution in [0.15, 0.2) is 35.5 Å². The van der Waals surface area contributed by atoms with Crippen molar-refractivity contribution in [1.82, 2.24) is 0 Å². The van der Waals surface area contributed by atoms with E-state index >= 15 is 0 Å². The van der Waals surface area contributed by atoms with E-state index in [0.717, 1.165) is 35.7 Å². The van der Waals surface area contributed by atoms with Crippen molar-refractivity contribution in [2.75, 3.05) is 5.75 Å². The lowest BCUT2D eigenvalue weighted by Crippen LogP contribution is -2.37. The Bertz CT molecular complexity index is 689. The van der Waals surface area contributed by atoms with Crippen molar-refractivity contribution in [3.63, 3.8) is 0 Å². The molecule has 3 N–H and O–H groups in total. The Labute approximate surface area is 187 Å². The van der Waals surface area contributed by atoms with Crippen LogP contribution < -0.4 is 0 Å². The van der Waals surface area contributed by atoms with Gasteiger partial charge in [-0.05, 0) is 92.9 Å². The van der Waals surface area contributed by atoms with Gasteiger partial charge in [-0.15, -0.1) is 0 Å². The lowest BCUT2D eigenvalue weighted by atomic mass is 9.63. The van der Waals surface area contributed by atoms with Gasteiger partial charge in [-0.3, -0.25) is 0 Å². The Morgan fingerprint density at radius 3 is 2.70 bits per heavy atom. The molecule has 0 spiro atoms. The van der Waals surface area contributed by atoms with Crippen molar-refractivity contribution < 1.29 is 15.3 Å². The molecule has 0 heterocycles. The van der Waals surface area contributed by atoms with Gasteiger partial charge in [-0.1, -0.05) is 38.2 Å². The zero-order valence-electron chi connectivity index (χ0n) is 19.4. The lowest BCUT2D eigenvalue weighted by Gasteiger charge is -2.44. The van der Waals surface area contributed by atoms with Crippen molar-refractivity contribution in [3.05, 3.63) is 35.5 Å². The van der Waals surface area contributed by atoms with E-state index < -0.39 is 17.8 Å². The highest BCUT2D eigenvalue weighted by atomic mass is 32.2. The maximum Gasteiger partial charge on any atom is 0.0811 e. The van der Waals surface area contributed by atoms with Crippen LogP contribution in [-0.2, 0) is 0 Å². The molecule has 3 aliphatic carbocycles. The van der Waals surface area contributed by atoms with Gasteiger partial charge in [0.2, 0.25) is 0 Å². The van der Waals surface area contributed by atoms with Crippen LogP contribution in [0.3, 0.4) is 0 Å². The quantitative estimate of drug-likeness (QED) is 0.523. The summed E-state index contributed by atoms with van der Waals surface area (Å²) in [5, 5.41) is 30.8. The first-order valence-electron chi connectivity index (χ1n) is 11.8. The van der Waals surface area contributed by atoms with E-state index in [0.29, 0.717) is 29.4 Å². The number of thioether (sulfide) groups is 1. The van der Waals surface area contributed by atoms with Gasteiger partial charge in [0.25, 0.3) is 0 Å². The van der Waals surface area contributed by atoms with Gasteiger partial charge in [0, 0.05) is 11.7 Å². The third-order valence-electron chi connectivity index (χ3n) is 7.96. The van der Waals surface area contributed by atoms with Crippen LogP contribution in [0, 0.1) is 17.3 Å². The Balaban J connectivity index is 1.70. The number of allylic oxidation sites excluding steroid dienone is 3. The molecule has 4 heteroatoms. The Kier molecular flexibility index (Phi) is 7.65. The standard InChI is InChI=1S/C26H42O3S/c1-17-20(15-21(27)16-24(17)28)9-8-19-7-6-12-26(5)22(10-11-23(19)26)18(2)30-14-13-25(3,4)29/h8-9,18,21-24,27-29H,1,6-7,10-16H2,2-5H3/b19-8+,20-9-/t18?,21-,22-,23+,24+,26-/m1/s1. The fraction of sp³-hybridized carbons (Fsp3) is 0.769. The largest absolute Gasteiger partial charge is 0.393 e. The summed E-state index contributed by atoms with van der Waals surface area (Å²) in [6.45, 7) is 12.8. The van der Waals surface area contributed by atoms with Crippen LogP contribution in [0.25, 0.3) is 0 Å². The summed E-state index contributed by atoms with van der Waals surface area (Å²) in [4.78, 5) is 0. The van der Waals surface area contributed by atoms with E-state index in [9.17, 15) is 15.3 Å². The molecule has 0 amide bonds. The average Bonchev–Trinajstić information content (AvgIpc) is 3.00. The topological polar surface area (TPSA) is 60.7 Å². The fourth-order valence-electron chi connectivity index (χ4n) is 6.13. The average molecular weight is 435 g/mol. The van der Waals surface area contributed by atoms with Crippen molar-refractivity contribution >= 4 is 11.8 Å². The first-order chi connectivity index (χ1) is 14.0. The van der Waals surface area contributed by atoms with Crippen molar-refractivity contribution in [2.45, 2.75) is 102 Å². The Hall–Kier alpha value is -0.550. The highest BCUT2D eigenvalue weighted by Crippen LogP contribution is 2.59. The summed E-state index contributed by atoms with van der Waals surface area (Å²) in [6, 6.07) is 0. The SMILES string of the molecule is C=C1/C(=C\C=C2/CCC[C@]3(C)[C@@H](C(C)SCCC(C)(C)O)CC[C@@H]23)C[C@@H](O)C[C@@H]1O. The second-order valence-electron chi connectivity index (χ2n) is 10.8. The van der Waals surface area contributed by atoms with Crippen LogP contribution in [-0.4, -0.2) is 44.1 Å². The molecule has 3 fully saturated rings. The summed E-state index contributed by atoms with van der Waals surface area (Å²) in [5.74, 6) is 2.37. The highest BCUT2D eigenvalue weighted by molar-refractivity contribution is 7.99. The highest BCUT2D eigenvalue weighted by Gasteiger charge is 2.50. The van der Waals surface area contributed by atoms with Crippen molar-refractivity contribution in [2.24, 2.45) is 17.3 Å². The van der Waals surface area contributed by atoms with E-state index in [-0.39, 0.29) is 0 Å². The summed E-state index contributed by atoms with van der Waals surface area (Å²) >= 11 is 2.03. The number of rotatable bonds is 6. The third kappa shape index (κ3) is 5.43. The molecule has 6 atom stereocenters. The molecule has 3 saturated carbocycles. The summed E-state index contributed by atoms with van der Waals surface area (Å²) < 4.78 is 0. The second-order valence-corrected chi connectivity index (χ2v) is 12.3. The van der Waals surface area contributed by atoms with E-state index in [1.165, 1.54) is 25.7 Å². The van der Waals surface area contributed by atoms with Crippen molar-refractivity contribution in [3.8, 4) is 0 Å². The lowest BCUT2D eigenvalue weighted by molar-refractivity contribution is 0.0776. The smallest absolute Gasteiger partial charge is 0.0811 e. The molecule has 3 aliphatic rings. The Morgan fingerprint density at radius 2 is 2.00 bits per heavy atom. The predicted molar refractivity (Wildman–Crippen MR) is 128 cm³/mol. The minimum atomic E-state index is -0.618. The number of hydrogen-bond acceptors (Lipinski definition) is 4. The van der Waals surface area contributed by atoms with Gasteiger partial charge < -0.3 is 15.3 Å². The molecular formula is C26H42O3S. The van der Waals surface area contributed by atoms with Gasteiger partial charge >= 0.3 is 0 Å². The zero-order valence-corrected chi connectivity index (χ0v) is 20.2. The number of fused-ring (bicyclic) bond motifs is 1. The summed E-state index contributed by atoms with van der Waals surface area (Å²) in [5.41, 5.74) is 3.11. The van der Waals surface area contributed by atoms with E-state index in [1.807, 2.05) is 25.6 Å². The van der Waals surface area contributed by atoms with Crippen LogP contribution in [0.4, 0.5) is 0 Å². The first kappa shape index (κ1) is 24.1. The molecule has 0 radical (unpaired) electrons. The third-order valence-corrected chi connectivity index (χ3v) is 9.26. The summed E-state index contributed by atoms with van der Waals surface area (Å²) in [7, 11) is 0. The Morgan fingerprint density at radius 1 is 1.27 bits per heavy atom. The van der Waals surface area contributed by atoms with Gasteiger partial charge in [0.1, 0.15) is 0 Å². The molecule has 3 nitrogen and oxygen atoms in total. The molecule has 3 rings (SSSR count). The number of aliphatic hydroxyl groups excluding tert-OH is 2. The van der Waals surface area contributed by atoms with Crippen molar-refractivity contribution in [1.29, 1.82) is 0 Å². The molecule has 0 aliphatic heterocycles. The minimum Gasteiger partial charge on any atom is -0.393 e. The van der Waals surface area contributed by atoms with Crippen LogP contribution in [0.1, 0.15) is 79.1 Å². The normalized spacial score (nSPS) is 38.8. The molecular weight excluding hydrogens is 392 g/mol. The van der Waals surface area contributed by atoms with Gasteiger partial charge in [0.15, 0.2) is 0 Å². The molecule has 30 heavy (non-hydrogen) atoms. The van der Waals surface area contributed by atoms with Gasteiger partial charge in [-0.25, -0.2) is 0 Å². The first-order valence-corrected chi connectivity index (χ1v) is 12.8. The summed E-state index contributed by atoms with van der Waals surface area (Å²) in [6.07, 6.45) is 11.4. The number of aliphatic hydroxyl groups is 3. The van der Waals surface area contributed by atoms with Gasteiger partial charge in [0.05, 0.1) is 17.8 Å². The second kappa shape index (κ2) is 9.52. The monoisotopic (exact) mass is 434 g/mol. The number of hydrogen-bond donors (Lipinski definition) is 3.